The Bertz CT molecular complexity index is 1010. The molecule has 0 saturated heterocycles. The summed E-state index contributed by atoms with van der Waals surface area (Å²) in [6.45, 7) is 5.96. The molecule has 0 spiro atoms. The van der Waals surface area contributed by atoms with Crippen molar-refractivity contribution in [2.24, 2.45) is 0 Å². The van der Waals surface area contributed by atoms with Gasteiger partial charge in [0.25, 0.3) is 0 Å². The van der Waals surface area contributed by atoms with Gasteiger partial charge in [0.15, 0.2) is 5.65 Å². The van der Waals surface area contributed by atoms with Crippen LogP contribution >= 0.6 is 0 Å². The van der Waals surface area contributed by atoms with Crippen molar-refractivity contribution >= 4 is 32.4 Å². The third-order valence-corrected chi connectivity index (χ3v) is 5.28. The van der Waals surface area contributed by atoms with Gasteiger partial charge in [-0.15, -0.1) is 0 Å². The van der Waals surface area contributed by atoms with E-state index in [0.717, 1.165) is 28.1 Å². The molecule has 3 rings (SSSR count). The van der Waals surface area contributed by atoms with Gasteiger partial charge >= 0.3 is 0 Å². The topological polar surface area (TPSA) is 84.0 Å². The van der Waals surface area contributed by atoms with Crippen molar-refractivity contribution in [3.05, 3.63) is 53.9 Å². The summed E-state index contributed by atoms with van der Waals surface area (Å²) >= 11 is 0. The molecule has 7 heteroatoms. The van der Waals surface area contributed by atoms with Gasteiger partial charge in [-0.3, -0.25) is 0 Å². The van der Waals surface area contributed by atoms with E-state index in [1.807, 2.05) is 32.0 Å². The molecule has 0 saturated carbocycles. The van der Waals surface area contributed by atoms with Gasteiger partial charge < -0.3 is 5.32 Å². The first-order valence-electron chi connectivity index (χ1n) is 8.01. The molecular weight excluding hydrogens is 336 g/mol. The average Bonchev–Trinajstić information content (AvgIpc) is 2.54. The highest BCUT2D eigenvalue weighted by Gasteiger charge is 2.12. The summed E-state index contributed by atoms with van der Waals surface area (Å²) in [7, 11) is -3.44. The maximum Gasteiger partial charge on any atom is 0.240 e. The number of fused-ring (bicyclic) bond motifs is 1. The second kappa shape index (κ2) is 6.78. The molecule has 0 radical (unpaired) electrons. The Hall–Kier alpha value is -2.51. The molecule has 0 amide bonds. The van der Waals surface area contributed by atoms with Crippen LogP contribution < -0.4 is 10.0 Å². The van der Waals surface area contributed by atoms with Crippen LogP contribution in [0.1, 0.15) is 18.3 Å². The summed E-state index contributed by atoms with van der Waals surface area (Å²) in [6, 6.07) is 12.5. The molecule has 25 heavy (non-hydrogen) atoms. The van der Waals surface area contributed by atoms with Crippen LogP contribution in [-0.2, 0) is 10.0 Å². The maximum atomic E-state index is 12.0. The van der Waals surface area contributed by atoms with Gasteiger partial charge in [0.1, 0.15) is 0 Å². The number of pyridine rings is 2. The highest BCUT2D eigenvalue weighted by atomic mass is 32.2. The van der Waals surface area contributed by atoms with E-state index >= 15 is 0 Å². The summed E-state index contributed by atoms with van der Waals surface area (Å²) in [5, 5.41) is 4.24. The molecule has 2 N–H and O–H groups in total. The molecule has 0 atom stereocenters. The van der Waals surface area contributed by atoms with Crippen LogP contribution in [0.4, 0.5) is 11.4 Å². The molecule has 0 bridgehead atoms. The summed E-state index contributed by atoms with van der Waals surface area (Å²) < 4.78 is 26.5. The van der Waals surface area contributed by atoms with Gasteiger partial charge in [-0.25, -0.2) is 23.1 Å². The van der Waals surface area contributed by atoms with Crippen LogP contribution in [0.5, 0.6) is 0 Å². The molecule has 1 aromatic carbocycles. The van der Waals surface area contributed by atoms with Gasteiger partial charge in [-0.1, -0.05) is 6.92 Å². The Balaban J connectivity index is 1.94. The summed E-state index contributed by atoms with van der Waals surface area (Å²) in [6.07, 6.45) is 0. The summed E-state index contributed by atoms with van der Waals surface area (Å²) in [5.74, 6) is 0. The Labute approximate surface area is 147 Å². The third kappa shape index (κ3) is 3.78. The number of hydrogen-bond donors (Lipinski definition) is 2. The molecule has 0 aliphatic carbocycles. The first-order chi connectivity index (χ1) is 11.9. The normalized spacial score (nSPS) is 11.6. The second-order valence-electron chi connectivity index (χ2n) is 5.79. The molecular formula is C18H20N4O2S. The minimum absolute atomic E-state index is 0.243. The Morgan fingerprint density at radius 1 is 0.960 bits per heavy atom. The quantitative estimate of drug-likeness (QED) is 0.733. The van der Waals surface area contributed by atoms with Crippen molar-refractivity contribution in [1.82, 2.24) is 14.7 Å². The average molecular weight is 356 g/mol. The fourth-order valence-corrected chi connectivity index (χ4v) is 3.62. The van der Waals surface area contributed by atoms with E-state index in [2.05, 4.69) is 20.0 Å². The van der Waals surface area contributed by atoms with Crippen LogP contribution in [0, 0.1) is 13.8 Å². The van der Waals surface area contributed by atoms with Crippen LogP contribution in [0.2, 0.25) is 0 Å². The van der Waals surface area contributed by atoms with Gasteiger partial charge in [0.05, 0.1) is 10.6 Å². The zero-order chi connectivity index (χ0) is 18.0. The molecule has 0 aliphatic heterocycles. The highest BCUT2D eigenvalue weighted by Crippen LogP contribution is 2.26. The van der Waals surface area contributed by atoms with Crippen LogP contribution in [0.25, 0.3) is 11.0 Å². The fraction of sp³-hybridized carbons (Fsp3) is 0.222. The zero-order valence-corrected chi connectivity index (χ0v) is 15.2. The minimum Gasteiger partial charge on any atom is -0.355 e. The first-order valence-corrected chi connectivity index (χ1v) is 9.49. The number of nitrogens with one attached hydrogen (secondary N) is 2. The van der Waals surface area contributed by atoms with Gasteiger partial charge in [-0.2, -0.15) is 0 Å². The molecule has 2 aromatic heterocycles. The van der Waals surface area contributed by atoms with Crippen molar-refractivity contribution in [3.8, 4) is 0 Å². The number of aromatic nitrogens is 2. The molecule has 3 aromatic rings. The first kappa shape index (κ1) is 17.3. The zero-order valence-electron chi connectivity index (χ0n) is 14.4. The summed E-state index contributed by atoms with van der Waals surface area (Å²) in [4.78, 5) is 9.18. The third-order valence-electron chi connectivity index (χ3n) is 3.72. The smallest absolute Gasteiger partial charge is 0.240 e. The number of nitrogens with zero attached hydrogens (tertiary/aromatic N) is 2. The largest absolute Gasteiger partial charge is 0.355 e. The number of rotatable bonds is 5. The lowest BCUT2D eigenvalue weighted by atomic mass is 10.2. The number of aryl methyl sites for hydroxylation is 2. The lowest BCUT2D eigenvalue weighted by Gasteiger charge is -2.11. The fourth-order valence-electron chi connectivity index (χ4n) is 2.57. The van der Waals surface area contributed by atoms with E-state index in [4.69, 9.17) is 0 Å². The van der Waals surface area contributed by atoms with Gasteiger partial charge in [-0.05, 0) is 56.3 Å². The van der Waals surface area contributed by atoms with E-state index in [-0.39, 0.29) is 4.90 Å². The lowest BCUT2D eigenvalue weighted by Crippen LogP contribution is -2.22. The van der Waals surface area contributed by atoms with Crippen molar-refractivity contribution in [1.29, 1.82) is 0 Å². The number of benzene rings is 1. The second-order valence-corrected chi connectivity index (χ2v) is 7.55. The molecule has 0 unspecified atom stereocenters. The van der Waals surface area contributed by atoms with Crippen LogP contribution in [0.3, 0.4) is 0 Å². The van der Waals surface area contributed by atoms with E-state index in [1.54, 1.807) is 31.2 Å². The van der Waals surface area contributed by atoms with Crippen LogP contribution in [-0.4, -0.2) is 24.9 Å². The number of anilines is 2. The van der Waals surface area contributed by atoms with E-state index in [9.17, 15) is 8.42 Å². The van der Waals surface area contributed by atoms with Crippen molar-refractivity contribution in [2.45, 2.75) is 25.7 Å². The highest BCUT2D eigenvalue weighted by molar-refractivity contribution is 7.89. The molecule has 0 aliphatic rings. The Kier molecular flexibility index (Phi) is 4.69. The standard InChI is InChI=1S/C18H20N4O2S/c1-4-19-25(23,24)15-8-6-14(7-9-15)22-17-11-13(3)21-18-16(17)10-5-12(2)20-18/h5-11,19H,4H2,1-3H3,(H,20,21,22). The predicted octanol–water partition coefficient (Wildman–Crippen LogP) is 3.29. The van der Waals surface area contributed by atoms with Crippen molar-refractivity contribution in [2.75, 3.05) is 11.9 Å². The molecule has 2 heterocycles. The van der Waals surface area contributed by atoms with Crippen molar-refractivity contribution < 1.29 is 8.42 Å². The van der Waals surface area contributed by atoms with Crippen molar-refractivity contribution in [3.63, 3.8) is 0 Å². The molecule has 6 nitrogen and oxygen atoms in total. The maximum absolute atomic E-state index is 12.0. The van der Waals surface area contributed by atoms with E-state index < -0.39 is 10.0 Å². The SMILES string of the molecule is CCNS(=O)(=O)c1ccc(Nc2cc(C)nc3nc(C)ccc23)cc1. The Morgan fingerprint density at radius 2 is 1.64 bits per heavy atom. The van der Waals surface area contributed by atoms with Gasteiger partial charge in [0, 0.05) is 29.0 Å². The minimum atomic E-state index is -3.44. The van der Waals surface area contributed by atoms with Gasteiger partial charge in [0.2, 0.25) is 10.0 Å². The summed E-state index contributed by atoms with van der Waals surface area (Å²) in [5.41, 5.74) is 4.14. The lowest BCUT2D eigenvalue weighted by molar-refractivity contribution is 0.584. The Morgan fingerprint density at radius 3 is 2.32 bits per heavy atom. The monoisotopic (exact) mass is 356 g/mol. The molecule has 130 valence electrons. The van der Waals surface area contributed by atoms with E-state index in [0.29, 0.717) is 12.2 Å². The number of sulfonamides is 1. The molecule has 0 fully saturated rings. The predicted molar refractivity (Wildman–Crippen MR) is 99.6 cm³/mol. The number of hydrogen-bond acceptors (Lipinski definition) is 5. The van der Waals surface area contributed by atoms with Crippen LogP contribution in [0.15, 0.2) is 47.4 Å². The van der Waals surface area contributed by atoms with E-state index in [1.165, 1.54) is 0 Å².